The molecule has 0 bridgehead atoms. The van der Waals surface area contributed by atoms with Crippen molar-refractivity contribution in [1.82, 2.24) is 0 Å². The molecule has 3 N–H and O–H groups in total. The standard InChI is InChI=1S/C10H11BrFNO2/c1-10(2,15)6-4-7(11)5(9(13)14)3-8(6)12/h3-4,15H,1-2H3,(H2,13,14). The largest absolute Gasteiger partial charge is 0.386 e. The van der Waals surface area contributed by atoms with Crippen LogP contribution in [0.15, 0.2) is 16.6 Å². The van der Waals surface area contributed by atoms with Gasteiger partial charge in [0.15, 0.2) is 0 Å². The van der Waals surface area contributed by atoms with Crippen molar-refractivity contribution in [3.8, 4) is 0 Å². The van der Waals surface area contributed by atoms with Gasteiger partial charge in [-0.05, 0) is 41.9 Å². The molecule has 0 aliphatic heterocycles. The van der Waals surface area contributed by atoms with Crippen LogP contribution in [0, 0.1) is 5.82 Å². The molecule has 1 aromatic rings. The smallest absolute Gasteiger partial charge is 0.249 e. The highest BCUT2D eigenvalue weighted by atomic mass is 79.9. The third-order valence-electron chi connectivity index (χ3n) is 1.98. The lowest BCUT2D eigenvalue weighted by atomic mass is 9.96. The summed E-state index contributed by atoms with van der Waals surface area (Å²) in [6, 6.07) is 2.37. The van der Waals surface area contributed by atoms with E-state index in [1.54, 1.807) is 0 Å². The summed E-state index contributed by atoms with van der Waals surface area (Å²) in [5.41, 5.74) is 3.91. The molecule has 0 spiro atoms. The summed E-state index contributed by atoms with van der Waals surface area (Å²) in [4.78, 5) is 10.9. The van der Waals surface area contributed by atoms with Gasteiger partial charge in [-0.15, -0.1) is 0 Å². The zero-order valence-electron chi connectivity index (χ0n) is 8.34. The number of benzene rings is 1. The van der Waals surface area contributed by atoms with Crippen LogP contribution in [0.5, 0.6) is 0 Å². The maximum absolute atomic E-state index is 13.5. The van der Waals surface area contributed by atoms with E-state index < -0.39 is 17.3 Å². The number of hydrogen-bond acceptors (Lipinski definition) is 2. The minimum Gasteiger partial charge on any atom is -0.386 e. The lowest BCUT2D eigenvalue weighted by molar-refractivity contribution is 0.0743. The summed E-state index contributed by atoms with van der Waals surface area (Å²) in [7, 11) is 0. The highest BCUT2D eigenvalue weighted by Gasteiger charge is 2.23. The lowest BCUT2D eigenvalue weighted by Gasteiger charge is -2.19. The fourth-order valence-electron chi connectivity index (χ4n) is 1.20. The molecule has 0 fully saturated rings. The van der Waals surface area contributed by atoms with E-state index in [9.17, 15) is 14.3 Å². The number of carbonyl (C=O) groups is 1. The minimum absolute atomic E-state index is 0.0560. The molecular weight excluding hydrogens is 265 g/mol. The maximum atomic E-state index is 13.5. The van der Waals surface area contributed by atoms with E-state index in [2.05, 4.69) is 15.9 Å². The first kappa shape index (κ1) is 12.1. The molecule has 0 radical (unpaired) electrons. The third-order valence-corrected chi connectivity index (χ3v) is 2.64. The van der Waals surface area contributed by atoms with Gasteiger partial charge in [-0.1, -0.05) is 0 Å². The van der Waals surface area contributed by atoms with E-state index in [-0.39, 0.29) is 11.1 Å². The molecule has 0 atom stereocenters. The van der Waals surface area contributed by atoms with Gasteiger partial charge in [-0.2, -0.15) is 0 Å². The summed E-state index contributed by atoms with van der Waals surface area (Å²) < 4.78 is 13.9. The average Bonchev–Trinajstić information content (AvgIpc) is 2.06. The fraction of sp³-hybridized carbons (Fsp3) is 0.300. The summed E-state index contributed by atoms with van der Waals surface area (Å²) >= 11 is 3.10. The van der Waals surface area contributed by atoms with Crippen LogP contribution in [0.2, 0.25) is 0 Å². The Morgan fingerprint density at radius 1 is 1.53 bits per heavy atom. The van der Waals surface area contributed by atoms with Gasteiger partial charge >= 0.3 is 0 Å². The summed E-state index contributed by atoms with van der Waals surface area (Å²) in [6.07, 6.45) is 0. The SMILES string of the molecule is CC(C)(O)c1cc(Br)c(C(N)=O)cc1F. The molecule has 0 saturated carbocycles. The lowest BCUT2D eigenvalue weighted by Crippen LogP contribution is -2.19. The second-order valence-electron chi connectivity index (χ2n) is 3.74. The molecule has 1 aromatic carbocycles. The van der Waals surface area contributed by atoms with E-state index in [4.69, 9.17) is 5.73 Å². The first-order valence-electron chi connectivity index (χ1n) is 4.25. The number of hydrogen-bond donors (Lipinski definition) is 2. The van der Waals surface area contributed by atoms with Gasteiger partial charge in [0, 0.05) is 10.0 Å². The zero-order chi connectivity index (χ0) is 11.8. The minimum atomic E-state index is -1.30. The summed E-state index contributed by atoms with van der Waals surface area (Å²) in [6.45, 7) is 2.92. The Hall–Kier alpha value is -0.940. The van der Waals surface area contributed by atoms with Gasteiger partial charge in [0.05, 0.1) is 11.2 Å². The highest BCUT2D eigenvalue weighted by molar-refractivity contribution is 9.10. The van der Waals surface area contributed by atoms with Crippen molar-refractivity contribution in [3.05, 3.63) is 33.5 Å². The number of amides is 1. The molecule has 0 heterocycles. The van der Waals surface area contributed by atoms with Crippen molar-refractivity contribution in [1.29, 1.82) is 0 Å². The first-order chi connectivity index (χ1) is 6.73. The topological polar surface area (TPSA) is 63.3 Å². The van der Waals surface area contributed by atoms with Crippen molar-refractivity contribution in [2.45, 2.75) is 19.4 Å². The van der Waals surface area contributed by atoms with Gasteiger partial charge in [-0.3, -0.25) is 4.79 Å². The second-order valence-corrected chi connectivity index (χ2v) is 4.59. The summed E-state index contributed by atoms with van der Waals surface area (Å²) in [5, 5.41) is 9.65. The third kappa shape index (κ3) is 2.54. The predicted molar refractivity (Wildman–Crippen MR) is 57.9 cm³/mol. The van der Waals surface area contributed by atoms with Crippen LogP contribution in [0.25, 0.3) is 0 Å². The molecular formula is C10H11BrFNO2. The molecule has 0 saturated heterocycles. The number of rotatable bonds is 2. The Balaban J connectivity index is 3.39. The van der Waals surface area contributed by atoms with Crippen LogP contribution in [-0.2, 0) is 5.60 Å². The Bertz CT molecular complexity index is 413. The molecule has 0 aromatic heterocycles. The molecule has 1 rings (SSSR count). The van der Waals surface area contributed by atoms with E-state index in [1.807, 2.05) is 0 Å². The number of nitrogens with two attached hydrogens (primary N) is 1. The van der Waals surface area contributed by atoms with Crippen molar-refractivity contribution in [3.63, 3.8) is 0 Å². The Labute approximate surface area is 95.2 Å². The van der Waals surface area contributed by atoms with Crippen molar-refractivity contribution >= 4 is 21.8 Å². The van der Waals surface area contributed by atoms with Crippen LogP contribution in [0.3, 0.4) is 0 Å². The Morgan fingerprint density at radius 3 is 2.47 bits per heavy atom. The molecule has 15 heavy (non-hydrogen) atoms. The maximum Gasteiger partial charge on any atom is 0.249 e. The van der Waals surface area contributed by atoms with E-state index in [1.165, 1.54) is 19.9 Å². The van der Waals surface area contributed by atoms with Crippen LogP contribution < -0.4 is 5.73 Å². The van der Waals surface area contributed by atoms with Gasteiger partial charge < -0.3 is 10.8 Å². The molecule has 1 amide bonds. The molecule has 0 aliphatic rings. The normalized spacial score (nSPS) is 11.5. The number of primary amides is 1. The first-order valence-corrected chi connectivity index (χ1v) is 5.04. The Morgan fingerprint density at radius 2 is 2.07 bits per heavy atom. The van der Waals surface area contributed by atoms with Crippen LogP contribution in [0.4, 0.5) is 4.39 Å². The van der Waals surface area contributed by atoms with Gasteiger partial charge in [0.1, 0.15) is 5.82 Å². The molecule has 82 valence electrons. The predicted octanol–water partition coefficient (Wildman–Crippen LogP) is 1.91. The second kappa shape index (κ2) is 3.90. The molecule has 5 heteroatoms. The van der Waals surface area contributed by atoms with E-state index >= 15 is 0 Å². The van der Waals surface area contributed by atoms with Crippen LogP contribution in [-0.4, -0.2) is 11.0 Å². The average molecular weight is 276 g/mol. The van der Waals surface area contributed by atoms with Crippen molar-refractivity contribution in [2.24, 2.45) is 5.73 Å². The molecule has 0 unspecified atom stereocenters. The quantitative estimate of drug-likeness (QED) is 0.866. The monoisotopic (exact) mass is 275 g/mol. The highest BCUT2D eigenvalue weighted by Crippen LogP contribution is 2.28. The van der Waals surface area contributed by atoms with Gasteiger partial charge in [-0.25, -0.2) is 4.39 Å². The van der Waals surface area contributed by atoms with Crippen LogP contribution in [0.1, 0.15) is 29.8 Å². The summed E-state index contributed by atoms with van der Waals surface area (Å²) in [5.74, 6) is -1.37. The fourth-order valence-corrected chi connectivity index (χ4v) is 1.74. The number of halogens is 2. The number of aliphatic hydroxyl groups is 1. The van der Waals surface area contributed by atoms with Crippen molar-refractivity contribution in [2.75, 3.05) is 0 Å². The zero-order valence-corrected chi connectivity index (χ0v) is 9.93. The number of carbonyl (C=O) groups excluding carboxylic acids is 1. The molecule has 3 nitrogen and oxygen atoms in total. The van der Waals surface area contributed by atoms with E-state index in [0.717, 1.165) is 6.07 Å². The molecule has 0 aliphatic carbocycles. The van der Waals surface area contributed by atoms with Gasteiger partial charge in [0.2, 0.25) is 5.91 Å². The Kier molecular flexibility index (Phi) is 3.16. The van der Waals surface area contributed by atoms with E-state index in [0.29, 0.717) is 4.47 Å². The van der Waals surface area contributed by atoms with Crippen LogP contribution >= 0.6 is 15.9 Å². The van der Waals surface area contributed by atoms with Gasteiger partial charge in [0.25, 0.3) is 0 Å². The van der Waals surface area contributed by atoms with Crippen molar-refractivity contribution < 1.29 is 14.3 Å².